The SMILES string of the molecule is NC(Cc1ccc(Br)cc1Cl)c1ccc(F)cc1Cl. The van der Waals surface area contributed by atoms with E-state index < -0.39 is 0 Å². The summed E-state index contributed by atoms with van der Waals surface area (Å²) in [4.78, 5) is 0. The summed E-state index contributed by atoms with van der Waals surface area (Å²) in [5, 5.41) is 0.976. The summed E-state index contributed by atoms with van der Waals surface area (Å²) >= 11 is 15.5. The van der Waals surface area contributed by atoms with Crippen LogP contribution in [0, 0.1) is 5.82 Å². The van der Waals surface area contributed by atoms with Crippen LogP contribution in [0.2, 0.25) is 10.0 Å². The first-order chi connectivity index (χ1) is 8.97. The van der Waals surface area contributed by atoms with E-state index >= 15 is 0 Å². The van der Waals surface area contributed by atoms with Gasteiger partial charge in [-0.1, -0.05) is 51.3 Å². The van der Waals surface area contributed by atoms with E-state index in [0.29, 0.717) is 22.0 Å². The van der Waals surface area contributed by atoms with E-state index in [1.165, 1.54) is 12.1 Å². The Bertz CT molecular complexity index is 604. The maximum absolute atomic E-state index is 13.0. The average molecular weight is 363 g/mol. The summed E-state index contributed by atoms with van der Waals surface area (Å²) in [6, 6.07) is 9.52. The van der Waals surface area contributed by atoms with Crippen LogP contribution >= 0.6 is 39.1 Å². The van der Waals surface area contributed by atoms with Crippen LogP contribution in [0.5, 0.6) is 0 Å². The van der Waals surface area contributed by atoms with Crippen molar-refractivity contribution in [2.75, 3.05) is 0 Å². The molecule has 1 unspecified atom stereocenters. The molecule has 2 aromatic rings. The topological polar surface area (TPSA) is 26.0 Å². The molecule has 2 aromatic carbocycles. The van der Waals surface area contributed by atoms with Crippen LogP contribution in [0.15, 0.2) is 40.9 Å². The number of hydrogen-bond donors (Lipinski definition) is 1. The van der Waals surface area contributed by atoms with E-state index in [9.17, 15) is 4.39 Å². The summed E-state index contributed by atoms with van der Waals surface area (Å²) in [7, 11) is 0. The Morgan fingerprint density at radius 2 is 1.84 bits per heavy atom. The highest BCUT2D eigenvalue weighted by atomic mass is 79.9. The third-order valence-electron chi connectivity index (χ3n) is 2.82. The Kier molecular flexibility index (Phi) is 4.85. The molecule has 1 atom stereocenters. The molecule has 0 aromatic heterocycles. The first-order valence-corrected chi connectivity index (χ1v) is 7.16. The third kappa shape index (κ3) is 3.69. The lowest BCUT2D eigenvalue weighted by atomic mass is 9.99. The first kappa shape index (κ1) is 14.8. The smallest absolute Gasteiger partial charge is 0.124 e. The monoisotopic (exact) mass is 361 g/mol. The van der Waals surface area contributed by atoms with Gasteiger partial charge >= 0.3 is 0 Å². The highest BCUT2D eigenvalue weighted by Gasteiger charge is 2.13. The largest absolute Gasteiger partial charge is 0.324 e. The van der Waals surface area contributed by atoms with Crippen LogP contribution in [-0.2, 0) is 6.42 Å². The van der Waals surface area contributed by atoms with Crippen molar-refractivity contribution < 1.29 is 4.39 Å². The van der Waals surface area contributed by atoms with E-state index in [0.717, 1.165) is 10.0 Å². The van der Waals surface area contributed by atoms with Gasteiger partial charge < -0.3 is 5.73 Å². The van der Waals surface area contributed by atoms with Crippen molar-refractivity contribution in [3.8, 4) is 0 Å². The Morgan fingerprint density at radius 3 is 2.47 bits per heavy atom. The molecule has 5 heteroatoms. The number of halogens is 4. The standard InChI is InChI=1S/C14H11BrCl2FN/c15-9-2-1-8(12(16)6-9)5-14(19)11-4-3-10(18)7-13(11)17/h1-4,6-7,14H,5,19H2. The molecule has 0 saturated heterocycles. The minimum Gasteiger partial charge on any atom is -0.324 e. The molecule has 0 spiro atoms. The zero-order valence-electron chi connectivity index (χ0n) is 9.84. The van der Waals surface area contributed by atoms with Gasteiger partial charge in [-0.25, -0.2) is 4.39 Å². The summed E-state index contributed by atoms with van der Waals surface area (Å²) in [5.74, 6) is -0.373. The second-order valence-corrected chi connectivity index (χ2v) is 5.94. The Balaban J connectivity index is 2.23. The van der Waals surface area contributed by atoms with Crippen molar-refractivity contribution in [3.63, 3.8) is 0 Å². The minimum atomic E-state index is -0.373. The zero-order valence-corrected chi connectivity index (χ0v) is 12.9. The lowest BCUT2D eigenvalue weighted by Gasteiger charge is -2.15. The summed E-state index contributed by atoms with van der Waals surface area (Å²) in [5.41, 5.74) is 7.75. The van der Waals surface area contributed by atoms with Gasteiger partial charge in [-0.05, 0) is 41.8 Å². The third-order valence-corrected chi connectivity index (χ3v) is 3.99. The summed E-state index contributed by atoms with van der Waals surface area (Å²) in [6.45, 7) is 0. The molecule has 0 aliphatic carbocycles. The summed E-state index contributed by atoms with van der Waals surface area (Å²) < 4.78 is 13.9. The van der Waals surface area contributed by atoms with Crippen LogP contribution < -0.4 is 5.73 Å². The van der Waals surface area contributed by atoms with Crippen molar-refractivity contribution >= 4 is 39.1 Å². The van der Waals surface area contributed by atoms with Crippen LogP contribution in [-0.4, -0.2) is 0 Å². The van der Waals surface area contributed by atoms with Crippen LogP contribution in [0.4, 0.5) is 4.39 Å². The highest BCUT2D eigenvalue weighted by molar-refractivity contribution is 9.10. The van der Waals surface area contributed by atoms with Crippen LogP contribution in [0.25, 0.3) is 0 Å². The Hall–Kier alpha value is -0.610. The molecule has 0 bridgehead atoms. The van der Waals surface area contributed by atoms with Gasteiger partial charge in [-0.2, -0.15) is 0 Å². The highest BCUT2D eigenvalue weighted by Crippen LogP contribution is 2.28. The van der Waals surface area contributed by atoms with E-state index in [1.807, 2.05) is 18.2 Å². The molecular formula is C14H11BrCl2FN. The van der Waals surface area contributed by atoms with Crippen molar-refractivity contribution in [1.82, 2.24) is 0 Å². The van der Waals surface area contributed by atoms with E-state index in [2.05, 4.69) is 15.9 Å². The molecule has 2 rings (SSSR count). The second kappa shape index (κ2) is 6.23. The molecular weight excluding hydrogens is 352 g/mol. The molecule has 0 amide bonds. The van der Waals surface area contributed by atoms with Gasteiger partial charge in [0.25, 0.3) is 0 Å². The maximum Gasteiger partial charge on any atom is 0.124 e. The molecule has 19 heavy (non-hydrogen) atoms. The molecule has 0 aliphatic rings. The molecule has 0 heterocycles. The fourth-order valence-corrected chi connectivity index (χ4v) is 2.89. The van der Waals surface area contributed by atoms with Gasteiger partial charge in [0.05, 0.1) is 0 Å². The van der Waals surface area contributed by atoms with Gasteiger partial charge in [0.1, 0.15) is 5.82 Å². The first-order valence-electron chi connectivity index (χ1n) is 5.62. The Labute approximate surface area is 129 Å². The number of rotatable bonds is 3. The summed E-state index contributed by atoms with van der Waals surface area (Å²) in [6.07, 6.45) is 0.539. The van der Waals surface area contributed by atoms with Gasteiger partial charge in [0, 0.05) is 20.6 Å². The fraction of sp³-hybridized carbons (Fsp3) is 0.143. The Morgan fingerprint density at radius 1 is 1.11 bits per heavy atom. The zero-order chi connectivity index (χ0) is 14.0. The van der Waals surface area contributed by atoms with Gasteiger partial charge in [-0.15, -0.1) is 0 Å². The number of hydrogen-bond acceptors (Lipinski definition) is 1. The van der Waals surface area contributed by atoms with Crippen molar-refractivity contribution in [2.45, 2.75) is 12.5 Å². The molecule has 0 fully saturated rings. The minimum absolute atomic E-state index is 0.327. The van der Waals surface area contributed by atoms with Crippen LogP contribution in [0.1, 0.15) is 17.2 Å². The average Bonchev–Trinajstić information content (AvgIpc) is 2.32. The molecule has 0 aliphatic heterocycles. The predicted octanol–water partition coefficient (Wildman–Crippen LogP) is 5.14. The quantitative estimate of drug-likeness (QED) is 0.803. The van der Waals surface area contributed by atoms with E-state index in [4.69, 9.17) is 28.9 Å². The fourth-order valence-electron chi connectivity index (χ4n) is 1.84. The predicted molar refractivity (Wildman–Crippen MR) is 81.2 cm³/mol. The maximum atomic E-state index is 13.0. The normalized spacial score (nSPS) is 12.5. The molecule has 0 saturated carbocycles. The van der Waals surface area contributed by atoms with Crippen molar-refractivity contribution in [2.24, 2.45) is 5.73 Å². The molecule has 0 radical (unpaired) electrons. The number of nitrogens with two attached hydrogens (primary N) is 1. The van der Waals surface area contributed by atoms with Gasteiger partial charge in [0.15, 0.2) is 0 Å². The molecule has 1 nitrogen and oxygen atoms in total. The lowest BCUT2D eigenvalue weighted by Crippen LogP contribution is -2.14. The molecule has 2 N–H and O–H groups in total. The van der Waals surface area contributed by atoms with Gasteiger partial charge in [-0.3, -0.25) is 0 Å². The molecule has 100 valence electrons. The van der Waals surface area contributed by atoms with E-state index in [1.54, 1.807) is 6.07 Å². The van der Waals surface area contributed by atoms with Crippen molar-refractivity contribution in [3.05, 3.63) is 67.9 Å². The lowest BCUT2D eigenvalue weighted by molar-refractivity contribution is 0.624. The second-order valence-electron chi connectivity index (χ2n) is 4.21. The van der Waals surface area contributed by atoms with Gasteiger partial charge in [0.2, 0.25) is 0 Å². The van der Waals surface area contributed by atoms with Crippen molar-refractivity contribution in [1.29, 1.82) is 0 Å². The number of benzene rings is 2. The van der Waals surface area contributed by atoms with Crippen LogP contribution in [0.3, 0.4) is 0 Å². The van der Waals surface area contributed by atoms with E-state index in [-0.39, 0.29) is 11.9 Å².